The second-order valence-corrected chi connectivity index (χ2v) is 4.17. The van der Waals surface area contributed by atoms with Gasteiger partial charge in [-0.05, 0) is 24.3 Å². The first-order valence-corrected chi connectivity index (χ1v) is 5.80. The Hall–Kier alpha value is -1.16. The van der Waals surface area contributed by atoms with Gasteiger partial charge in [0.25, 0.3) is 0 Å². The van der Waals surface area contributed by atoms with E-state index in [-0.39, 0.29) is 0 Å². The molecule has 0 atom stereocenters. The Bertz CT molecular complexity index is 460. The summed E-state index contributed by atoms with van der Waals surface area (Å²) in [4.78, 5) is 8.23. The maximum absolute atomic E-state index is 5.77. The molecule has 0 N–H and O–H groups in total. The van der Waals surface area contributed by atoms with Gasteiger partial charge in [-0.2, -0.15) is 0 Å². The highest BCUT2D eigenvalue weighted by atomic mass is 35.5. The summed E-state index contributed by atoms with van der Waals surface area (Å²) < 4.78 is 5.47. The van der Waals surface area contributed by atoms with Crippen molar-refractivity contribution in [2.24, 2.45) is 0 Å². The van der Waals surface area contributed by atoms with Crippen LogP contribution in [0.3, 0.4) is 0 Å². The van der Waals surface area contributed by atoms with Crippen LogP contribution in [0.4, 0.5) is 0 Å². The van der Waals surface area contributed by atoms with Gasteiger partial charge in [0.2, 0.25) is 0 Å². The van der Waals surface area contributed by atoms with Crippen molar-refractivity contribution in [1.82, 2.24) is 9.97 Å². The average Bonchev–Trinajstić information content (AvgIpc) is 2.29. The van der Waals surface area contributed by atoms with Crippen LogP contribution < -0.4 is 0 Å². The van der Waals surface area contributed by atoms with Crippen LogP contribution in [0.5, 0.6) is 0 Å². The van der Waals surface area contributed by atoms with E-state index in [2.05, 4.69) is 9.97 Å². The second kappa shape index (κ2) is 5.96. The zero-order valence-corrected chi connectivity index (χ0v) is 10.4. The molecule has 2 rings (SSSR count). The van der Waals surface area contributed by atoms with Crippen LogP contribution in [0.2, 0.25) is 10.3 Å². The molecular formula is C12H10Cl2N2O. The van der Waals surface area contributed by atoms with Crippen LogP contribution in [0.15, 0.2) is 36.4 Å². The molecule has 5 heteroatoms. The molecule has 17 heavy (non-hydrogen) atoms. The fourth-order valence-electron chi connectivity index (χ4n) is 1.32. The van der Waals surface area contributed by atoms with Gasteiger partial charge in [0.1, 0.15) is 10.3 Å². The third-order valence-electron chi connectivity index (χ3n) is 2.05. The molecule has 0 aliphatic rings. The minimum absolute atomic E-state index is 0.398. The quantitative estimate of drug-likeness (QED) is 0.797. The van der Waals surface area contributed by atoms with E-state index in [1.165, 1.54) is 0 Å². The molecule has 0 saturated heterocycles. The van der Waals surface area contributed by atoms with Crippen LogP contribution in [-0.2, 0) is 18.0 Å². The lowest BCUT2D eigenvalue weighted by atomic mass is 10.3. The summed E-state index contributed by atoms with van der Waals surface area (Å²) in [5.41, 5.74) is 1.58. The number of nitrogens with zero attached hydrogens (tertiary/aromatic N) is 2. The van der Waals surface area contributed by atoms with Gasteiger partial charge < -0.3 is 4.74 Å². The second-order valence-electron chi connectivity index (χ2n) is 3.40. The van der Waals surface area contributed by atoms with Crippen LogP contribution in [-0.4, -0.2) is 9.97 Å². The lowest BCUT2D eigenvalue weighted by molar-refractivity contribution is 0.102. The third kappa shape index (κ3) is 3.97. The molecule has 0 saturated carbocycles. The fraction of sp³-hybridized carbons (Fsp3) is 0.167. The summed E-state index contributed by atoms with van der Waals surface area (Å²) in [6.45, 7) is 0.795. The van der Waals surface area contributed by atoms with E-state index in [1.807, 2.05) is 24.3 Å². The summed E-state index contributed by atoms with van der Waals surface area (Å²) in [7, 11) is 0. The normalized spacial score (nSPS) is 10.5. The predicted molar refractivity (Wildman–Crippen MR) is 67.0 cm³/mol. The SMILES string of the molecule is Clc1cccc(COCc2cccc(Cl)n2)n1. The van der Waals surface area contributed by atoms with Crippen molar-refractivity contribution in [1.29, 1.82) is 0 Å². The minimum Gasteiger partial charge on any atom is -0.369 e. The molecule has 0 bridgehead atoms. The van der Waals surface area contributed by atoms with Gasteiger partial charge in [-0.1, -0.05) is 35.3 Å². The van der Waals surface area contributed by atoms with E-state index in [0.29, 0.717) is 23.5 Å². The number of hydrogen-bond acceptors (Lipinski definition) is 3. The van der Waals surface area contributed by atoms with Crippen molar-refractivity contribution < 1.29 is 4.74 Å². The maximum Gasteiger partial charge on any atom is 0.129 e. The molecule has 0 radical (unpaired) electrons. The molecule has 2 aromatic rings. The molecular weight excluding hydrogens is 259 g/mol. The predicted octanol–water partition coefficient (Wildman–Crippen LogP) is 3.50. The summed E-state index contributed by atoms with van der Waals surface area (Å²) in [5.74, 6) is 0. The van der Waals surface area contributed by atoms with Crippen LogP contribution in [0.25, 0.3) is 0 Å². The van der Waals surface area contributed by atoms with Crippen molar-refractivity contribution in [2.45, 2.75) is 13.2 Å². The smallest absolute Gasteiger partial charge is 0.129 e. The summed E-state index contributed by atoms with van der Waals surface area (Å²) in [5, 5.41) is 0.930. The van der Waals surface area contributed by atoms with E-state index in [1.54, 1.807) is 12.1 Å². The number of hydrogen-bond donors (Lipinski definition) is 0. The zero-order valence-electron chi connectivity index (χ0n) is 8.94. The molecule has 2 heterocycles. The van der Waals surface area contributed by atoms with E-state index >= 15 is 0 Å². The monoisotopic (exact) mass is 268 g/mol. The summed E-state index contributed by atoms with van der Waals surface area (Å²) in [6.07, 6.45) is 0. The highest BCUT2D eigenvalue weighted by molar-refractivity contribution is 6.29. The Morgan fingerprint density at radius 2 is 1.29 bits per heavy atom. The van der Waals surface area contributed by atoms with E-state index in [9.17, 15) is 0 Å². The molecule has 2 aromatic heterocycles. The van der Waals surface area contributed by atoms with Crippen LogP contribution >= 0.6 is 23.2 Å². The van der Waals surface area contributed by atoms with Crippen molar-refractivity contribution in [2.75, 3.05) is 0 Å². The Morgan fingerprint density at radius 1 is 0.824 bits per heavy atom. The number of rotatable bonds is 4. The van der Waals surface area contributed by atoms with Gasteiger partial charge in [0, 0.05) is 0 Å². The van der Waals surface area contributed by atoms with Gasteiger partial charge in [0.05, 0.1) is 24.6 Å². The number of ether oxygens (including phenoxy) is 1. The summed E-state index contributed by atoms with van der Waals surface area (Å²) in [6, 6.07) is 10.8. The van der Waals surface area contributed by atoms with Crippen LogP contribution in [0, 0.1) is 0 Å². The highest BCUT2D eigenvalue weighted by Crippen LogP contribution is 2.09. The first-order valence-electron chi connectivity index (χ1n) is 5.04. The molecule has 88 valence electrons. The fourth-order valence-corrected chi connectivity index (χ4v) is 1.68. The number of pyridine rings is 2. The lowest BCUT2D eigenvalue weighted by Gasteiger charge is -2.04. The first kappa shape index (κ1) is 12.3. The Kier molecular flexibility index (Phi) is 4.31. The molecule has 0 aliphatic carbocycles. The van der Waals surface area contributed by atoms with E-state index < -0.39 is 0 Å². The molecule has 0 fully saturated rings. The number of aromatic nitrogens is 2. The average molecular weight is 269 g/mol. The molecule has 3 nitrogen and oxygen atoms in total. The Labute approximate surface area is 109 Å². The molecule has 0 unspecified atom stereocenters. The molecule has 0 amide bonds. The standard InChI is InChI=1S/C12H10Cl2N2O/c13-11-5-1-3-9(15-11)7-17-8-10-4-2-6-12(14)16-10/h1-6H,7-8H2. The van der Waals surface area contributed by atoms with Crippen molar-refractivity contribution in [3.05, 3.63) is 58.1 Å². The lowest BCUT2D eigenvalue weighted by Crippen LogP contribution is -1.98. The number of halogens is 2. The van der Waals surface area contributed by atoms with Gasteiger partial charge in [-0.25, -0.2) is 9.97 Å². The van der Waals surface area contributed by atoms with Gasteiger partial charge in [-0.3, -0.25) is 0 Å². The first-order chi connectivity index (χ1) is 8.24. The maximum atomic E-state index is 5.77. The topological polar surface area (TPSA) is 35.0 Å². The Balaban J connectivity index is 1.87. The van der Waals surface area contributed by atoms with Crippen molar-refractivity contribution in [3.63, 3.8) is 0 Å². The third-order valence-corrected chi connectivity index (χ3v) is 2.47. The summed E-state index contributed by atoms with van der Waals surface area (Å²) >= 11 is 11.5. The zero-order chi connectivity index (χ0) is 12.1. The molecule has 0 spiro atoms. The molecule has 0 aromatic carbocycles. The van der Waals surface area contributed by atoms with E-state index in [4.69, 9.17) is 27.9 Å². The van der Waals surface area contributed by atoms with E-state index in [0.717, 1.165) is 11.4 Å². The largest absolute Gasteiger partial charge is 0.369 e. The minimum atomic E-state index is 0.398. The van der Waals surface area contributed by atoms with Crippen LogP contribution in [0.1, 0.15) is 11.4 Å². The molecule has 0 aliphatic heterocycles. The van der Waals surface area contributed by atoms with Crippen molar-refractivity contribution >= 4 is 23.2 Å². The van der Waals surface area contributed by atoms with Crippen molar-refractivity contribution in [3.8, 4) is 0 Å². The van der Waals surface area contributed by atoms with Gasteiger partial charge in [0.15, 0.2) is 0 Å². The van der Waals surface area contributed by atoms with Gasteiger partial charge in [-0.15, -0.1) is 0 Å². The van der Waals surface area contributed by atoms with Gasteiger partial charge >= 0.3 is 0 Å². The highest BCUT2D eigenvalue weighted by Gasteiger charge is 1.99. The Morgan fingerprint density at radius 3 is 1.71 bits per heavy atom.